The van der Waals surface area contributed by atoms with E-state index in [4.69, 9.17) is 4.74 Å². The Bertz CT molecular complexity index is 465. The zero-order chi connectivity index (χ0) is 16.3. The molecule has 0 aromatic rings. The van der Waals surface area contributed by atoms with E-state index in [0.717, 1.165) is 13.0 Å². The van der Waals surface area contributed by atoms with Crippen LogP contribution in [-0.4, -0.2) is 24.7 Å². The van der Waals surface area contributed by atoms with Gasteiger partial charge in [0.2, 0.25) is 5.91 Å². The van der Waals surface area contributed by atoms with Crippen molar-refractivity contribution >= 4 is 5.91 Å². The minimum atomic E-state index is 0.173. The summed E-state index contributed by atoms with van der Waals surface area (Å²) in [7, 11) is 0. The van der Waals surface area contributed by atoms with Crippen molar-refractivity contribution in [2.24, 2.45) is 28.1 Å². The van der Waals surface area contributed by atoms with Gasteiger partial charge in [-0.25, -0.2) is 0 Å². The molecule has 3 heteroatoms. The van der Waals surface area contributed by atoms with Crippen LogP contribution >= 0.6 is 0 Å². The summed E-state index contributed by atoms with van der Waals surface area (Å²) in [6.07, 6.45) is 4.56. The van der Waals surface area contributed by atoms with Crippen LogP contribution in [0.1, 0.15) is 67.2 Å². The number of amides is 1. The highest BCUT2D eigenvalue weighted by Crippen LogP contribution is 2.69. The third-order valence-electron chi connectivity index (χ3n) is 6.98. The molecule has 1 heterocycles. The fourth-order valence-electron chi connectivity index (χ4n) is 5.91. The molecule has 3 aliphatic rings. The number of carbonyl (C=O) groups is 1. The van der Waals surface area contributed by atoms with E-state index in [-0.39, 0.29) is 22.2 Å². The van der Waals surface area contributed by atoms with Gasteiger partial charge in [-0.1, -0.05) is 41.5 Å². The van der Waals surface area contributed by atoms with Crippen LogP contribution in [0.25, 0.3) is 0 Å². The average molecular weight is 307 g/mol. The van der Waals surface area contributed by atoms with Gasteiger partial charge in [-0.05, 0) is 47.3 Å². The van der Waals surface area contributed by atoms with Crippen LogP contribution < -0.4 is 5.32 Å². The summed E-state index contributed by atoms with van der Waals surface area (Å²) in [5, 5.41) is 3.42. The second kappa shape index (κ2) is 4.96. The highest BCUT2D eigenvalue weighted by atomic mass is 16.5. The molecule has 5 atom stereocenters. The molecule has 0 radical (unpaired) electrons. The highest BCUT2D eigenvalue weighted by Gasteiger charge is 2.69. The molecule has 2 bridgehead atoms. The first-order chi connectivity index (χ1) is 10.1. The molecule has 3 nitrogen and oxygen atoms in total. The standard InChI is InChI=1S/C19H33NO2/c1-7-14(21)20-16-18(5,6)12-10-13-15(17(2,3)4)22-9-8-19(13,16)11-12/h12-13,15-16H,7-11H2,1-6H3,(H,20,21)/t12-,13-,15+,16+,19?/m1/s1. The molecule has 22 heavy (non-hydrogen) atoms. The van der Waals surface area contributed by atoms with E-state index in [2.05, 4.69) is 39.9 Å². The molecule has 1 aliphatic heterocycles. The normalized spacial score (nSPS) is 43.0. The molecular formula is C19H33NO2. The minimum absolute atomic E-state index is 0.173. The first-order valence-electron chi connectivity index (χ1n) is 9.04. The smallest absolute Gasteiger partial charge is 0.219 e. The van der Waals surface area contributed by atoms with Gasteiger partial charge < -0.3 is 10.1 Å². The summed E-state index contributed by atoms with van der Waals surface area (Å²) in [6, 6.07) is 0.310. The second-order valence-corrected chi connectivity index (χ2v) is 9.56. The van der Waals surface area contributed by atoms with Gasteiger partial charge >= 0.3 is 0 Å². The lowest BCUT2D eigenvalue weighted by atomic mass is 9.57. The summed E-state index contributed by atoms with van der Waals surface area (Å²) >= 11 is 0. The number of ether oxygens (including phenoxy) is 1. The molecule has 3 fully saturated rings. The minimum Gasteiger partial charge on any atom is -0.377 e. The van der Waals surface area contributed by atoms with Gasteiger partial charge in [-0.2, -0.15) is 0 Å². The zero-order valence-corrected chi connectivity index (χ0v) is 15.2. The predicted molar refractivity (Wildman–Crippen MR) is 88.5 cm³/mol. The molecule has 1 unspecified atom stereocenters. The zero-order valence-electron chi connectivity index (χ0n) is 15.2. The number of hydrogen-bond acceptors (Lipinski definition) is 2. The number of carbonyl (C=O) groups excluding carboxylic acids is 1. The van der Waals surface area contributed by atoms with Gasteiger partial charge in [0.25, 0.3) is 0 Å². The lowest BCUT2D eigenvalue weighted by Crippen LogP contribution is -2.61. The van der Waals surface area contributed by atoms with Gasteiger partial charge in [0.15, 0.2) is 0 Å². The Morgan fingerprint density at radius 1 is 1.32 bits per heavy atom. The third-order valence-corrected chi connectivity index (χ3v) is 6.98. The topological polar surface area (TPSA) is 38.3 Å². The Morgan fingerprint density at radius 2 is 2.00 bits per heavy atom. The Balaban J connectivity index is 1.95. The van der Waals surface area contributed by atoms with Crippen molar-refractivity contribution < 1.29 is 9.53 Å². The molecule has 0 aromatic carbocycles. The lowest BCUT2D eigenvalue weighted by molar-refractivity contribution is -0.159. The van der Waals surface area contributed by atoms with Crippen molar-refractivity contribution in [3.8, 4) is 0 Å². The molecule has 126 valence electrons. The summed E-state index contributed by atoms with van der Waals surface area (Å²) in [4.78, 5) is 12.1. The largest absolute Gasteiger partial charge is 0.377 e. The van der Waals surface area contributed by atoms with Crippen molar-refractivity contribution in [2.45, 2.75) is 79.4 Å². The monoisotopic (exact) mass is 307 g/mol. The highest BCUT2D eigenvalue weighted by molar-refractivity contribution is 5.76. The van der Waals surface area contributed by atoms with Gasteiger partial charge in [0, 0.05) is 19.1 Å². The molecule has 2 saturated carbocycles. The van der Waals surface area contributed by atoms with Crippen LogP contribution in [0.5, 0.6) is 0 Å². The van der Waals surface area contributed by atoms with E-state index < -0.39 is 0 Å². The molecular weight excluding hydrogens is 274 g/mol. The average Bonchev–Trinajstić information content (AvgIpc) is 2.90. The quantitative estimate of drug-likeness (QED) is 0.843. The lowest BCUT2D eigenvalue weighted by Gasteiger charge is -2.55. The summed E-state index contributed by atoms with van der Waals surface area (Å²) in [5.74, 6) is 1.52. The van der Waals surface area contributed by atoms with E-state index in [1.807, 2.05) is 6.92 Å². The molecule has 1 saturated heterocycles. The summed E-state index contributed by atoms with van der Waals surface area (Å²) < 4.78 is 6.24. The van der Waals surface area contributed by atoms with Crippen LogP contribution in [0.4, 0.5) is 0 Å². The van der Waals surface area contributed by atoms with Crippen molar-refractivity contribution in [3.05, 3.63) is 0 Å². The first kappa shape index (κ1) is 16.3. The Kier molecular flexibility index (Phi) is 3.67. The number of rotatable bonds is 2. The Morgan fingerprint density at radius 3 is 2.59 bits per heavy atom. The molecule has 1 amide bonds. The number of hydrogen-bond donors (Lipinski definition) is 1. The summed E-state index contributed by atoms with van der Waals surface area (Å²) in [6.45, 7) is 14.4. The maximum absolute atomic E-state index is 12.1. The van der Waals surface area contributed by atoms with Crippen molar-refractivity contribution in [2.75, 3.05) is 6.61 Å². The Hall–Kier alpha value is -0.570. The number of nitrogens with one attached hydrogen (secondary N) is 1. The van der Waals surface area contributed by atoms with Crippen LogP contribution in [0.3, 0.4) is 0 Å². The van der Waals surface area contributed by atoms with Gasteiger partial charge in [-0.15, -0.1) is 0 Å². The van der Waals surface area contributed by atoms with Gasteiger partial charge in [0.05, 0.1) is 6.10 Å². The predicted octanol–water partition coefficient (Wildman–Crippen LogP) is 3.77. The maximum Gasteiger partial charge on any atom is 0.219 e. The Labute approximate surface area is 135 Å². The van der Waals surface area contributed by atoms with Gasteiger partial charge in [-0.3, -0.25) is 4.79 Å². The van der Waals surface area contributed by atoms with E-state index in [9.17, 15) is 4.79 Å². The van der Waals surface area contributed by atoms with E-state index in [1.165, 1.54) is 12.8 Å². The van der Waals surface area contributed by atoms with Crippen LogP contribution in [0.2, 0.25) is 0 Å². The van der Waals surface area contributed by atoms with Crippen molar-refractivity contribution in [1.29, 1.82) is 0 Å². The van der Waals surface area contributed by atoms with Crippen LogP contribution in [-0.2, 0) is 9.53 Å². The van der Waals surface area contributed by atoms with Gasteiger partial charge in [0.1, 0.15) is 0 Å². The maximum atomic E-state index is 12.1. The SMILES string of the molecule is CCC(=O)N[C@H]1C(C)(C)[C@@H]2C[C@@H]3[C@@H](C(C)(C)C)OCCC31C2. The molecule has 1 N–H and O–H groups in total. The first-order valence-corrected chi connectivity index (χ1v) is 9.04. The van der Waals surface area contributed by atoms with E-state index in [0.29, 0.717) is 30.4 Å². The van der Waals surface area contributed by atoms with E-state index in [1.54, 1.807) is 0 Å². The van der Waals surface area contributed by atoms with E-state index >= 15 is 0 Å². The van der Waals surface area contributed by atoms with Crippen LogP contribution in [0.15, 0.2) is 0 Å². The van der Waals surface area contributed by atoms with Crippen molar-refractivity contribution in [1.82, 2.24) is 5.32 Å². The van der Waals surface area contributed by atoms with Crippen molar-refractivity contribution in [3.63, 3.8) is 0 Å². The molecule has 2 aliphatic carbocycles. The number of fused-ring (bicyclic) bond motifs is 1. The molecule has 1 spiro atoms. The second-order valence-electron chi connectivity index (χ2n) is 9.56. The molecule has 3 rings (SSSR count). The molecule has 0 aromatic heterocycles. The third kappa shape index (κ3) is 2.15. The van der Waals surface area contributed by atoms with Crippen LogP contribution in [0, 0.1) is 28.1 Å². The summed E-state index contributed by atoms with van der Waals surface area (Å²) in [5.41, 5.74) is 0.641. The fraction of sp³-hybridized carbons (Fsp3) is 0.947. The fourth-order valence-corrected chi connectivity index (χ4v) is 5.91.